The van der Waals surface area contributed by atoms with E-state index in [2.05, 4.69) is 4.90 Å². The molecule has 1 aromatic heterocycles. The van der Waals surface area contributed by atoms with Crippen LogP contribution in [0.15, 0.2) is 45.6 Å². The highest BCUT2D eigenvalue weighted by atomic mass is 16.5. The van der Waals surface area contributed by atoms with Crippen molar-refractivity contribution < 1.29 is 13.9 Å². The first-order valence-electron chi connectivity index (χ1n) is 8.72. The minimum Gasteiger partial charge on any atom is -0.497 e. The van der Waals surface area contributed by atoms with Gasteiger partial charge in [-0.3, -0.25) is 0 Å². The lowest BCUT2D eigenvalue weighted by Gasteiger charge is -2.31. The Morgan fingerprint density at radius 1 is 1.15 bits per heavy atom. The molecule has 1 aliphatic rings. The van der Waals surface area contributed by atoms with Gasteiger partial charge in [-0.25, -0.2) is 4.79 Å². The molecule has 0 spiro atoms. The molecule has 2 heterocycles. The van der Waals surface area contributed by atoms with Gasteiger partial charge >= 0.3 is 5.63 Å². The van der Waals surface area contributed by atoms with Crippen LogP contribution in [0.1, 0.15) is 23.6 Å². The summed E-state index contributed by atoms with van der Waals surface area (Å²) >= 11 is 0. The predicted molar refractivity (Wildman–Crippen MR) is 101 cm³/mol. The highest BCUT2D eigenvalue weighted by molar-refractivity contribution is 5.86. The molecule has 0 atom stereocenters. The number of aryl methyl sites for hydroxylation is 1. The highest BCUT2D eigenvalue weighted by Gasteiger charge is 2.23. The number of fused-ring (bicyclic) bond motifs is 3. The number of nitrogens with zero attached hydrogens (tertiary/aromatic N) is 1. The first kappa shape index (κ1) is 16.5. The van der Waals surface area contributed by atoms with Crippen molar-refractivity contribution in [2.45, 2.75) is 26.8 Å². The summed E-state index contributed by atoms with van der Waals surface area (Å²) in [5, 5.41) is 0.973. The Kier molecular flexibility index (Phi) is 4.07. The molecule has 0 aliphatic carbocycles. The summed E-state index contributed by atoms with van der Waals surface area (Å²) in [6.07, 6.45) is 0.662. The predicted octanol–water partition coefficient (Wildman–Crippen LogP) is 4.03. The smallest absolute Gasteiger partial charge is 0.339 e. The van der Waals surface area contributed by atoms with E-state index >= 15 is 0 Å². The Balaban J connectivity index is 1.79. The normalized spacial score (nSPS) is 13.4. The molecule has 0 bridgehead atoms. The van der Waals surface area contributed by atoms with E-state index in [1.807, 2.05) is 50.2 Å². The lowest BCUT2D eigenvalue weighted by atomic mass is 10.0. The third-order valence-electron chi connectivity index (χ3n) is 5.03. The van der Waals surface area contributed by atoms with Crippen LogP contribution in [0, 0.1) is 6.92 Å². The molecule has 0 N–H and O–H groups in total. The first-order chi connectivity index (χ1) is 12.6. The molecule has 2 aromatic carbocycles. The standard InChI is InChI=1S/C21H21NO4/c1-4-16-13(2)17-9-10-19-18(20(17)26-21(16)23)11-22(12-25-19)14-5-7-15(24-3)8-6-14/h5-10H,4,11-12H2,1-3H3. The number of benzene rings is 2. The maximum absolute atomic E-state index is 12.4. The summed E-state index contributed by atoms with van der Waals surface area (Å²) in [4.78, 5) is 14.5. The van der Waals surface area contributed by atoms with Crippen LogP contribution in [-0.4, -0.2) is 13.8 Å². The van der Waals surface area contributed by atoms with E-state index in [4.69, 9.17) is 13.9 Å². The fraction of sp³-hybridized carbons (Fsp3) is 0.286. The van der Waals surface area contributed by atoms with Gasteiger partial charge in [-0.05, 0) is 55.3 Å². The topological polar surface area (TPSA) is 51.9 Å². The van der Waals surface area contributed by atoms with E-state index in [-0.39, 0.29) is 5.63 Å². The van der Waals surface area contributed by atoms with Crippen LogP contribution in [0.4, 0.5) is 5.69 Å². The Labute approximate surface area is 151 Å². The number of anilines is 1. The number of rotatable bonds is 3. The van der Waals surface area contributed by atoms with Gasteiger partial charge in [0.15, 0.2) is 6.73 Å². The van der Waals surface area contributed by atoms with Crippen molar-refractivity contribution in [2.75, 3.05) is 18.7 Å². The lowest BCUT2D eigenvalue weighted by Crippen LogP contribution is -2.32. The second kappa shape index (κ2) is 6.41. The van der Waals surface area contributed by atoms with Crippen molar-refractivity contribution >= 4 is 16.7 Å². The Morgan fingerprint density at radius 2 is 1.92 bits per heavy atom. The average Bonchev–Trinajstić information content (AvgIpc) is 2.68. The second-order valence-electron chi connectivity index (χ2n) is 6.43. The lowest BCUT2D eigenvalue weighted by molar-refractivity contribution is 0.289. The zero-order chi connectivity index (χ0) is 18.3. The van der Waals surface area contributed by atoms with Crippen molar-refractivity contribution in [2.24, 2.45) is 0 Å². The number of ether oxygens (including phenoxy) is 2. The van der Waals surface area contributed by atoms with E-state index in [0.29, 0.717) is 25.3 Å². The van der Waals surface area contributed by atoms with Gasteiger partial charge in [-0.1, -0.05) is 6.92 Å². The third-order valence-corrected chi connectivity index (χ3v) is 5.03. The molecule has 3 aromatic rings. The molecule has 1 aliphatic heterocycles. The van der Waals surface area contributed by atoms with E-state index in [1.165, 1.54) is 0 Å². The SMILES string of the molecule is CCc1c(C)c2ccc3c(c2oc1=O)CN(c1ccc(OC)cc1)CO3. The summed E-state index contributed by atoms with van der Waals surface area (Å²) < 4.78 is 16.8. The molecule has 0 unspecified atom stereocenters. The van der Waals surface area contributed by atoms with Crippen LogP contribution in [0.3, 0.4) is 0 Å². The molecule has 0 saturated heterocycles. The van der Waals surface area contributed by atoms with Crippen molar-refractivity contribution in [1.82, 2.24) is 0 Å². The quantitative estimate of drug-likeness (QED) is 0.667. The fourth-order valence-electron chi connectivity index (χ4n) is 3.53. The van der Waals surface area contributed by atoms with E-state index < -0.39 is 0 Å². The van der Waals surface area contributed by atoms with E-state index in [9.17, 15) is 4.79 Å². The van der Waals surface area contributed by atoms with Crippen molar-refractivity contribution in [3.63, 3.8) is 0 Å². The highest BCUT2D eigenvalue weighted by Crippen LogP contribution is 2.35. The molecule has 0 radical (unpaired) electrons. The third kappa shape index (κ3) is 2.60. The summed E-state index contributed by atoms with van der Waals surface area (Å²) in [5.74, 6) is 1.58. The molecular formula is C21H21NO4. The Hall–Kier alpha value is -2.95. The van der Waals surface area contributed by atoms with Crippen molar-refractivity contribution in [3.05, 3.63) is 63.5 Å². The summed E-state index contributed by atoms with van der Waals surface area (Å²) in [7, 11) is 1.65. The zero-order valence-electron chi connectivity index (χ0n) is 15.2. The van der Waals surface area contributed by atoms with E-state index in [1.54, 1.807) is 7.11 Å². The molecule has 0 amide bonds. The second-order valence-corrected chi connectivity index (χ2v) is 6.43. The molecular weight excluding hydrogens is 330 g/mol. The number of hydrogen-bond acceptors (Lipinski definition) is 5. The number of hydrogen-bond donors (Lipinski definition) is 0. The largest absolute Gasteiger partial charge is 0.497 e. The van der Waals surface area contributed by atoms with Gasteiger partial charge < -0.3 is 18.8 Å². The first-order valence-corrected chi connectivity index (χ1v) is 8.72. The van der Waals surface area contributed by atoms with Crippen LogP contribution >= 0.6 is 0 Å². The number of methoxy groups -OCH3 is 1. The summed E-state index contributed by atoms with van der Waals surface area (Å²) in [6, 6.07) is 11.8. The van der Waals surface area contributed by atoms with Gasteiger partial charge in [0.1, 0.15) is 17.1 Å². The molecule has 26 heavy (non-hydrogen) atoms. The van der Waals surface area contributed by atoms with Gasteiger partial charge in [0.05, 0.1) is 19.2 Å². The van der Waals surface area contributed by atoms with Crippen LogP contribution in [0.2, 0.25) is 0 Å². The monoisotopic (exact) mass is 351 g/mol. The Morgan fingerprint density at radius 3 is 2.62 bits per heavy atom. The molecule has 0 saturated carbocycles. The van der Waals surface area contributed by atoms with Gasteiger partial charge in [0.2, 0.25) is 0 Å². The van der Waals surface area contributed by atoms with Gasteiger partial charge in [0.25, 0.3) is 0 Å². The molecule has 0 fully saturated rings. The minimum absolute atomic E-state index is 0.257. The average molecular weight is 351 g/mol. The van der Waals surface area contributed by atoms with Crippen molar-refractivity contribution in [3.8, 4) is 11.5 Å². The maximum atomic E-state index is 12.4. The molecule has 134 valence electrons. The summed E-state index contributed by atoms with van der Waals surface area (Å²) in [5.41, 5.74) is 4.03. The van der Waals surface area contributed by atoms with Crippen LogP contribution in [0.5, 0.6) is 11.5 Å². The van der Waals surface area contributed by atoms with Crippen LogP contribution in [0.25, 0.3) is 11.0 Å². The van der Waals surface area contributed by atoms with Gasteiger partial charge in [-0.2, -0.15) is 0 Å². The van der Waals surface area contributed by atoms with Gasteiger partial charge in [-0.15, -0.1) is 0 Å². The van der Waals surface area contributed by atoms with Gasteiger partial charge in [0, 0.05) is 16.6 Å². The fourth-order valence-corrected chi connectivity index (χ4v) is 3.53. The van der Waals surface area contributed by atoms with Crippen LogP contribution in [-0.2, 0) is 13.0 Å². The van der Waals surface area contributed by atoms with Crippen molar-refractivity contribution in [1.29, 1.82) is 0 Å². The van der Waals surface area contributed by atoms with E-state index in [0.717, 1.165) is 39.3 Å². The summed E-state index contributed by atoms with van der Waals surface area (Å²) in [6.45, 7) is 5.02. The molecule has 5 heteroatoms. The molecule has 5 nitrogen and oxygen atoms in total. The maximum Gasteiger partial charge on any atom is 0.339 e. The van der Waals surface area contributed by atoms with Crippen LogP contribution < -0.4 is 20.0 Å². The Bertz CT molecular complexity index is 1020. The minimum atomic E-state index is -0.257. The molecule has 4 rings (SSSR count). The zero-order valence-corrected chi connectivity index (χ0v) is 15.2.